The van der Waals surface area contributed by atoms with Crippen LogP contribution in [0.15, 0.2) is 48.5 Å². The van der Waals surface area contributed by atoms with Gasteiger partial charge < -0.3 is 20.5 Å². The first-order valence-corrected chi connectivity index (χ1v) is 11.8. The molecule has 3 N–H and O–H groups in total. The van der Waals surface area contributed by atoms with E-state index in [4.69, 9.17) is 4.74 Å². The first-order valence-electron chi connectivity index (χ1n) is 11.8. The fraction of sp³-hybridized carbons (Fsp3) is 0.444. The second-order valence-electron chi connectivity index (χ2n) is 9.68. The van der Waals surface area contributed by atoms with Gasteiger partial charge in [0.1, 0.15) is 12.6 Å². The number of carbonyl (C=O) groups is 3. The van der Waals surface area contributed by atoms with Crippen LogP contribution in [-0.4, -0.2) is 42.3 Å². The highest BCUT2D eigenvalue weighted by molar-refractivity contribution is 5.87. The van der Waals surface area contributed by atoms with Gasteiger partial charge in [0.15, 0.2) is 0 Å². The molecule has 0 aliphatic heterocycles. The first kappa shape index (κ1) is 25.3. The third kappa shape index (κ3) is 5.76. The molecule has 2 amide bonds. The molecule has 3 rings (SSSR count). The van der Waals surface area contributed by atoms with Gasteiger partial charge in [-0.15, -0.1) is 0 Å². The van der Waals surface area contributed by atoms with Crippen LogP contribution in [0.3, 0.4) is 0 Å². The Hall–Kier alpha value is -3.35. The van der Waals surface area contributed by atoms with Crippen LogP contribution in [0.2, 0.25) is 0 Å². The maximum atomic E-state index is 12.7. The SMILES string of the molecule is CCC(C)CC(NC(=O)C(C)(C)CNC(=O)OCC1c2ccccc2-c2ccccc21)C(=O)O. The van der Waals surface area contributed by atoms with Gasteiger partial charge in [0, 0.05) is 12.5 Å². The molecule has 0 saturated carbocycles. The van der Waals surface area contributed by atoms with Crippen molar-refractivity contribution in [2.75, 3.05) is 13.2 Å². The summed E-state index contributed by atoms with van der Waals surface area (Å²) in [7, 11) is 0. The van der Waals surface area contributed by atoms with Crippen LogP contribution < -0.4 is 10.6 Å². The molecule has 0 saturated heterocycles. The predicted molar refractivity (Wildman–Crippen MR) is 130 cm³/mol. The Morgan fingerprint density at radius 1 is 1.03 bits per heavy atom. The Morgan fingerprint density at radius 2 is 1.59 bits per heavy atom. The molecular formula is C27H34N2O5. The monoisotopic (exact) mass is 466 g/mol. The molecule has 2 aromatic rings. The summed E-state index contributed by atoms with van der Waals surface area (Å²) in [6.07, 6.45) is 0.567. The number of benzene rings is 2. The lowest BCUT2D eigenvalue weighted by Crippen LogP contribution is -2.50. The van der Waals surface area contributed by atoms with E-state index in [-0.39, 0.29) is 25.0 Å². The van der Waals surface area contributed by atoms with E-state index in [0.717, 1.165) is 28.7 Å². The smallest absolute Gasteiger partial charge is 0.407 e. The standard InChI is InChI=1S/C27H34N2O5/c1-5-17(2)14-23(24(30)31)29-25(32)27(3,4)16-28-26(33)34-15-22-20-12-8-6-10-18(20)19-11-7-9-13-21(19)22/h6-13,17,22-23H,5,14-16H2,1-4H3,(H,28,33)(H,29,32)(H,30,31). The number of carboxylic acid groups (broad SMARTS) is 1. The molecule has 0 radical (unpaired) electrons. The summed E-state index contributed by atoms with van der Waals surface area (Å²) in [5, 5.41) is 14.7. The van der Waals surface area contributed by atoms with Gasteiger partial charge in [-0.2, -0.15) is 0 Å². The Labute approximate surface area is 200 Å². The average Bonchev–Trinajstić information content (AvgIpc) is 3.14. The zero-order chi connectivity index (χ0) is 24.9. The zero-order valence-electron chi connectivity index (χ0n) is 20.3. The van der Waals surface area contributed by atoms with E-state index in [0.29, 0.717) is 6.42 Å². The minimum absolute atomic E-state index is 0.0190. The molecule has 1 aliphatic carbocycles. The molecular weight excluding hydrogens is 432 g/mol. The van der Waals surface area contributed by atoms with Crippen molar-refractivity contribution in [3.05, 3.63) is 59.7 Å². The van der Waals surface area contributed by atoms with Crippen molar-refractivity contribution in [3.63, 3.8) is 0 Å². The fourth-order valence-electron chi connectivity index (χ4n) is 4.17. The summed E-state index contributed by atoms with van der Waals surface area (Å²) in [5.74, 6) is -1.37. The number of alkyl carbamates (subject to hydrolysis) is 1. The quantitative estimate of drug-likeness (QED) is 0.476. The van der Waals surface area contributed by atoms with Crippen LogP contribution in [0, 0.1) is 11.3 Å². The average molecular weight is 467 g/mol. The molecule has 1 aliphatic rings. The molecule has 182 valence electrons. The second-order valence-corrected chi connectivity index (χ2v) is 9.68. The Morgan fingerprint density at radius 3 is 2.12 bits per heavy atom. The Bertz CT molecular complexity index is 1000. The van der Waals surface area contributed by atoms with Crippen molar-refractivity contribution in [2.24, 2.45) is 11.3 Å². The largest absolute Gasteiger partial charge is 0.480 e. The number of aliphatic carboxylic acids is 1. The van der Waals surface area contributed by atoms with Crippen LogP contribution in [0.1, 0.15) is 57.6 Å². The molecule has 0 fully saturated rings. The van der Waals surface area contributed by atoms with Crippen LogP contribution in [0.4, 0.5) is 4.79 Å². The molecule has 2 unspecified atom stereocenters. The van der Waals surface area contributed by atoms with E-state index in [1.54, 1.807) is 13.8 Å². The number of nitrogens with one attached hydrogen (secondary N) is 2. The van der Waals surface area contributed by atoms with Crippen LogP contribution in [-0.2, 0) is 14.3 Å². The highest BCUT2D eigenvalue weighted by Gasteiger charge is 2.33. The number of ether oxygens (including phenoxy) is 1. The van der Waals surface area contributed by atoms with E-state index >= 15 is 0 Å². The summed E-state index contributed by atoms with van der Waals surface area (Å²) in [6, 6.07) is 15.2. The molecule has 2 aromatic carbocycles. The normalized spacial score (nSPS) is 14.5. The number of carboxylic acids is 1. The molecule has 34 heavy (non-hydrogen) atoms. The van der Waals surface area contributed by atoms with Gasteiger partial charge in [-0.05, 0) is 48.4 Å². The summed E-state index contributed by atoms with van der Waals surface area (Å²) in [5.41, 5.74) is 3.54. The molecule has 0 bridgehead atoms. The minimum Gasteiger partial charge on any atom is -0.480 e. The number of hydrogen-bond acceptors (Lipinski definition) is 4. The van der Waals surface area contributed by atoms with Gasteiger partial charge in [0.2, 0.25) is 5.91 Å². The molecule has 0 heterocycles. The molecule has 2 atom stereocenters. The van der Waals surface area contributed by atoms with Crippen molar-refractivity contribution in [1.29, 1.82) is 0 Å². The molecule has 7 heteroatoms. The molecule has 7 nitrogen and oxygen atoms in total. The van der Waals surface area contributed by atoms with Crippen LogP contribution in [0.25, 0.3) is 11.1 Å². The number of fused-ring (bicyclic) bond motifs is 3. The van der Waals surface area contributed by atoms with Gasteiger partial charge in [-0.3, -0.25) is 4.79 Å². The topological polar surface area (TPSA) is 105 Å². The van der Waals surface area contributed by atoms with E-state index in [1.165, 1.54) is 0 Å². The lowest BCUT2D eigenvalue weighted by Gasteiger charge is -2.27. The number of rotatable bonds is 10. The zero-order valence-corrected chi connectivity index (χ0v) is 20.3. The molecule has 0 aromatic heterocycles. The summed E-state index contributed by atoms with van der Waals surface area (Å²) >= 11 is 0. The fourth-order valence-corrected chi connectivity index (χ4v) is 4.17. The lowest BCUT2D eigenvalue weighted by molar-refractivity contribution is -0.144. The van der Waals surface area contributed by atoms with E-state index in [2.05, 4.69) is 22.8 Å². The van der Waals surface area contributed by atoms with Gasteiger partial charge in [-0.1, -0.05) is 68.8 Å². The van der Waals surface area contributed by atoms with Crippen molar-refractivity contribution in [3.8, 4) is 11.1 Å². The first-order chi connectivity index (χ1) is 16.1. The summed E-state index contributed by atoms with van der Waals surface area (Å²) in [6.45, 7) is 7.45. The van der Waals surface area contributed by atoms with Gasteiger partial charge in [-0.25, -0.2) is 9.59 Å². The maximum Gasteiger partial charge on any atom is 0.407 e. The third-order valence-corrected chi connectivity index (χ3v) is 6.57. The van der Waals surface area contributed by atoms with Crippen molar-refractivity contribution >= 4 is 18.0 Å². The van der Waals surface area contributed by atoms with Gasteiger partial charge in [0.05, 0.1) is 5.41 Å². The highest BCUT2D eigenvalue weighted by Crippen LogP contribution is 2.44. The minimum atomic E-state index is -1.06. The maximum absolute atomic E-state index is 12.7. The number of amides is 2. The predicted octanol–water partition coefficient (Wildman–Crippen LogP) is 4.56. The van der Waals surface area contributed by atoms with Crippen LogP contribution in [0.5, 0.6) is 0 Å². The molecule has 0 spiro atoms. The number of carbonyl (C=O) groups excluding carboxylic acids is 2. The van der Waals surface area contributed by atoms with Gasteiger partial charge in [0.25, 0.3) is 0 Å². The van der Waals surface area contributed by atoms with E-state index in [1.807, 2.05) is 50.2 Å². The summed E-state index contributed by atoms with van der Waals surface area (Å²) in [4.78, 5) is 36.7. The van der Waals surface area contributed by atoms with Crippen LogP contribution >= 0.6 is 0 Å². The van der Waals surface area contributed by atoms with Crippen molar-refractivity contribution in [2.45, 2.75) is 52.5 Å². The second kappa shape index (κ2) is 10.7. The Balaban J connectivity index is 1.55. The van der Waals surface area contributed by atoms with Gasteiger partial charge >= 0.3 is 12.1 Å². The third-order valence-electron chi connectivity index (χ3n) is 6.57. The number of hydrogen-bond donors (Lipinski definition) is 3. The highest BCUT2D eigenvalue weighted by atomic mass is 16.5. The van der Waals surface area contributed by atoms with Crippen molar-refractivity contribution in [1.82, 2.24) is 10.6 Å². The van der Waals surface area contributed by atoms with E-state index in [9.17, 15) is 19.5 Å². The lowest BCUT2D eigenvalue weighted by atomic mass is 9.91. The van der Waals surface area contributed by atoms with Crippen molar-refractivity contribution < 1.29 is 24.2 Å². The van der Waals surface area contributed by atoms with E-state index < -0.39 is 29.4 Å². The Kier molecular flexibility index (Phi) is 7.97. The summed E-state index contributed by atoms with van der Waals surface area (Å²) < 4.78 is 5.53.